The highest BCUT2D eigenvalue weighted by atomic mass is 16.3. The van der Waals surface area contributed by atoms with Crippen molar-refractivity contribution in [3.05, 3.63) is 42.1 Å². The molecule has 0 spiro atoms. The number of nitrogens with two attached hydrogens (primary N) is 1. The Kier molecular flexibility index (Phi) is 5.74. The Hall–Kier alpha value is -3.26. The summed E-state index contributed by atoms with van der Waals surface area (Å²) >= 11 is 0. The number of nitrogens with zero attached hydrogens (tertiary/aromatic N) is 4. The van der Waals surface area contributed by atoms with Crippen molar-refractivity contribution in [2.24, 2.45) is 11.1 Å². The molecule has 174 valence electrons. The fourth-order valence-corrected chi connectivity index (χ4v) is 4.54. The number of carbonyl (C=O) groups excluding carboxylic acids is 1. The average Bonchev–Trinajstić information content (AvgIpc) is 2.87. The van der Waals surface area contributed by atoms with Gasteiger partial charge in [0.05, 0.1) is 11.2 Å². The fourth-order valence-electron chi connectivity index (χ4n) is 4.54. The van der Waals surface area contributed by atoms with E-state index in [1.54, 1.807) is 18.2 Å². The Balaban J connectivity index is 1.61. The minimum Gasteiger partial charge on any atom is -0.507 e. The van der Waals surface area contributed by atoms with Gasteiger partial charge in [-0.15, -0.1) is 10.2 Å². The van der Waals surface area contributed by atoms with Crippen LogP contribution in [0.15, 0.2) is 36.4 Å². The van der Waals surface area contributed by atoms with Crippen LogP contribution in [0.4, 0.5) is 5.82 Å². The number of benzene rings is 1. The van der Waals surface area contributed by atoms with Crippen LogP contribution in [0.25, 0.3) is 22.2 Å². The van der Waals surface area contributed by atoms with E-state index in [2.05, 4.69) is 60.1 Å². The first-order valence-corrected chi connectivity index (χ1v) is 11.2. The van der Waals surface area contributed by atoms with Crippen LogP contribution in [0, 0.1) is 5.41 Å². The van der Waals surface area contributed by atoms with Gasteiger partial charge in [0.1, 0.15) is 11.4 Å². The summed E-state index contributed by atoms with van der Waals surface area (Å²) in [6.45, 7) is 10.1. The number of aromatic hydroxyl groups is 1. The highest BCUT2D eigenvalue weighted by Gasteiger charge is 2.36. The highest BCUT2D eigenvalue weighted by Crippen LogP contribution is 2.35. The molecule has 0 aliphatic carbocycles. The molecule has 1 amide bonds. The van der Waals surface area contributed by atoms with Gasteiger partial charge in [-0.3, -0.25) is 4.79 Å². The quantitative estimate of drug-likeness (QED) is 0.559. The second-order valence-corrected chi connectivity index (χ2v) is 10.5. The molecule has 3 heterocycles. The van der Waals surface area contributed by atoms with Crippen molar-refractivity contribution in [3.8, 4) is 17.0 Å². The first-order chi connectivity index (χ1) is 15.4. The van der Waals surface area contributed by atoms with Crippen LogP contribution in [-0.2, 0) is 0 Å². The Morgan fingerprint density at radius 3 is 2.55 bits per heavy atom. The van der Waals surface area contributed by atoms with Crippen LogP contribution >= 0.6 is 0 Å². The third-order valence-electron chi connectivity index (χ3n) is 6.47. The van der Waals surface area contributed by atoms with E-state index in [0.717, 1.165) is 30.6 Å². The zero-order valence-electron chi connectivity index (χ0n) is 19.9. The van der Waals surface area contributed by atoms with Crippen molar-refractivity contribution in [2.45, 2.75) is 52.1 Å². The Bertz CT molecular complexity index is 1170. The predicted molar refractivity (Wildman–Crippen MR) is 130 cm³/mol. The SMILES string of the molecule is CN(c1ccc(-c2cc3ccc(C(N)=O)nc3cc2O)nn1)C1CC(C)(C)CNC(C)(C)C1. The predicted octanol–water partition coefficient (Wildman–Crippen LogP) is 3.49. The molecule has 0 radical (unpaired) electrons. The van der Waals surface area contributed by atoms with Crippen molar-refractivity contribution in [1.82, 2.24) is 20.5 Å². The van der Waals surface area contributed by atoms with Crippen LogP contribution in [0.2, 0.25) is 0 Å². The number of hydrogen-bond donors (Lipinski definition) is 3. The van der Waals surface area contributed by atoms with Gasteiger partial charge in [0.2, 0.25) is 0 Å². The number of aromatic nitrogens is 3. The lowest BCUT2D eigenvalue weighted by Crippen LogP contribution is -2.44. The Morgan fingerprint density at radius 1 is 1.12 bits per heavy atom. The van der Waals surface area contributed by atoms with E-state index in [-0.39, 0.29) is 22.4 Å². The van der Waals surface area contributed by atoms with Gasteiger partial charge < -0.3 is 21.1 Å². The summed E-state index contributed by atoms with van der Waals surface area (Å²) in [6.07, 6.45) is 2.05. The normalized spacial score (nSPS) is 19.7. The van der Waals surface area contributed by atoms with Gasteiger partial charge in [-0.05, 0) is 56.4 Å². The van der Waals surface area contributed by atoms with E-state index in [1.165, 1.54) is 6.07 Å². The lowest BCUT2D eigenvalue weighted by atomic mass is 9.84. The Morgan fingerprint density at radius 2 is 1.88 bits per heavy atom. The molecule has 4 rings (SSSR count). The maximum Gasteiger partial charge on any atom is 0.267 e. The third kappa shape index (κ3) is 4.90. The van der Waals surface area contributed by atoms with E-state index in [9.17, 15) is 9.90 Å². The molecule has 1 aliphatic rings. The van der Waals surface area contributed by atoms with Gasteiger partial charge in [0.15, 0.2) is 5.82 Å². The molecule has 3 aromatic rings. The molecule has 0 bridgehead atoms. The highest BCUT2D eigenvalue weighted by molar-refractivity contribution is 5.95. The van der Waals surface area contributed by atoms with E-state index < -0.39 is 5.91 Å². The zero-order chi connectivity index (χ0) is 24.0. The minimum absolute atomic E-state index is 0.0189. The fraction of sp³-hybridized carbons (Fsp3) is 0.440. The topological polar surface area (TPSA) is 117 Å². The number of pyridine rings is 1. The van der Waals surface area contributed by atoms with Gasteiger partial charge in [0.25, 0.3) is 5.91 Å². The van der Waals surface area contributed by atoms with Crippen LogP contribution in [-0.4, -0.2) is 51.4 Å². The van der Waals surface area contributed by atoms with Crippen molar-refractivity contribution >= 4 is 22.6 Å². The lowest BCUT2D eigenvalue weighted by Gasteiger charge is -2.34. The van der Waals surface area contributed by atoms with E-state index in [1.807, 2.05) is 12.1 Å². The number of phenolic OH excluding ortho intramolecular Hbond substituents is 1. The molecule has 4 N–H and O–H groups in total. The number of rotatable bonds is 4. The standard InChI is InChI=1S/C25H32N6O2/c1-24(2)12-16(13-25(3,4)27-14-24)31(5)22-9-8-18(29-30-22)17-10-15-6-7-19(23(26)33)28-20(15)11-21(17)32/h6-11,16,27,32H,12-14H2,1-5H3,(H2,26,33). The molecule has 1 aliphatic heterocycles. The molecule has 1 saturated heterocycles. The van der Waals surface area contributed by atoms with E-state index >= 15 is 0 Å². The monoisotopic (exact) mass is 448 g/mol. The number of amides is 1. The summed E-state index contributed by atoms with van der Waals surface area (Å²) in [5.41, 5.74) is 7.29. The first-order valence-electron chi connectivity index (χ1n) is 11.2. The minimum atomic E-state index is -0.609. The summed E-state index contributed by atoms with van der Waals surface area (Å²) in [5.74, 6) is 0.206. The number of nitrogens with one attached hydrogen (secondary N) is 1. The smallest absolute Gasteiger partial charge is 0.267 e. The summed E-state index contributed by atoms with van der Waals surface area (Å²) in [6, 6.07) is 10.8. The maximum absolute atomic E-state index is 11.4. The van der Waals surface area contributed by atoms with Crippen LogP contribution in [0.5, 0.6) is 5.75 Å². The zero-order valence-corrected chi connectivity index (χ0v) is 19.9. The van der Waals surface area contributed by atoms with Gasteiger partial charge in [-0.25, -0.2) is 4.98 Å². The number of primary amides is 1. The van der Waals surface area contributed by atoms with Crippen molar-refractivity contribution in [2.75, 3.05) is 18.5 Å². The van der Waals surface area contributed by atoms with Crippen LogP contribution in [0.1, 0.15) is 51.0 Å². The summed E-state index contributed by atoms with van der Waals surface area (Å²) in [4.78, 5) is 17.8. The van der Waals surface area contributed by atoms with Gasteiger partial charge >= 0.3 is 0 Å². The van der Waals surface area contributed by atoms with Crippen molar-refractivity contribution in [3.63, 3.8) is 0 Å². The number of carbonyl (C=O) groups is 1. The lowest BCUT2D eigenvalue weighted by molar-refractivity contribution is 0.0996. The molecule has 1 fully saturated rings. The molecular formula is C25H32N6O2. The first kappa shape index (κ1) is 22.9. The van der Waals surface area contributed by atoms with Crippen LogP contribution < -0.4 is 16.0 Å². The largest absolute Gasteiger partial charge is 0.507 e. The second-order valence-electron chi connectivity index (χ2n) is 10.5. The average molecular weight is 449 g/mol. The molecule has 1 atom stereocenters. The van der Waals surface area contributed by atoms with Crippen LogP contribution in [0.3, 0.4) is 0 Å². The summed E-state index contributed by atoms with van der Waals surface area (Å²) < 4.78 is 0. The molecule has 0 saturated carbocycles. The number of phenols is 1. The third-order valence-corrected chi connectivity index (χ3v) is 6.47. The number of hydrogen-bond acceptors (Lipinski definition) is 7. The van der Waals surface area contributed by atoms with Crippen molar-refractivity contribution in [1.29, 1.82) is 0 Å². The summed E-state index contributed by atoms with van der Waals surface area (Å²) in [5, 5.41) is 23.9. The van der Waals surface area contributed by atoms with E-state index in [4.69, 9.17) is 5.73 Å². The van der Waals surface area contributed by atoms with Gasteiger partial charge in [-0.1, -0.05) is 19.9 Å². The molecule has 1 unspecified atom stereocenters. The molecule has 2 aromatic heterocycles. The molecule has 8 nitrogen and oxygen atoms in total. The maximum atomic E-state index is 11.4. The van der Waals surface area contributed by atoms with Gasteiger partial charge in [-0.2, -0.15) is 0 Å². The van der Waals surface area contributed by atoms with E-state index in [0.29, 0.717) is 22.8 Å². The van der Waals surface area contributed by atoms with Gasteiger partial charge in [0, 0.05) is 42.2 Å². The number of anilines is 1. The molecule has 1 aromatic carbocycles. The second kappa shape index (κ2) is 8.26. The molecule has 8 heteroatoms. The summed E-state index contributed by atoms with van der Waals surface area (Å²) in [7, 11) is 2.07. The molecular weight excluding hydrogens is 416 g/mol. The van der Waals surface area contributed by atoms with Crippen molar-refractivity contribution < 1.29 is 9.90 Å². The Labute approximate surface area is 194 Å². The number of fused-ring (bicyclic) bond motifs is 1. The molecule has 33 heavy (non-hydrogen) atoms.